The molecule has 0 spiro atoms. The van der Waals surface area contributed by atoms with Crippen LogP contribution in [0.4, 0.5) is 8.78 Å². The number of fused-ring (bicyclic) bond motifs is 5. The van der Waals surface area contributed by atoms with Crippen LogP contribution in [-0.4, -0.2) is 96.9 Å². The van der Waals surface area contributed by atoms with E-state index in [1.807, 2.05) is 0 Å². The first-order valence-electron chi connectivity index (χ1n) is 11.2. The van der Waals surface area contributed by atoms with Gasteiger partial charge in [0.2, 0.25) is 5.12 Å². The molecule has 0 bridgehead atoms. The number of halogens is 2. The van der Waals surface area contributed by atoms with Crippen LogP contribution in [0.1, 0.15) is 53.4 Å². The van der Waals surface area contributed by atoms with Crippen LogP contribution < -0.4 is 0 Å². The number of thiol groups is 1. The zero-order valence-electron chi connectivity index (χ0n) is 18.7. The van der Waals surface area contributed by atoms with Crippen LogP contribution >= 0.6 is 12.6 Å². The quantitative estimate of drug-likeness (QED) is 0.348. The predicted octanol–water partition coefficient (Wildman–Crippen LogP) is 3.05. The molecule has 0 saturated heterocycles. The Morgan fingerprint density at radius 3 is 2.48 bits per heavy atom. The Bertz CT molecular complexity index is 955. The number of ether oxygens (including phenoxy) is 1. The number of alkyl halides is 2. The van der Waals surface area contributed by atoms with E-state index in [4.69, 9.17) is 4.74 Å². The van der Waals surface area contributed by atoms with Crippen LogP contribution in [0.5, 0.6) is 0 Å². The van der Waals surface area contributed by atoms with E-state index in [1.165, 1.54) is 19.1 Å². The van der Waals surface area contributed by atoms with Gasteiger partial charge in [0.15, 0.2) is 17.1 Å². The van der Waals surface area contributed by atoms with E-state index in [1.54, 1.807) is 20.8 Å². The first kappa shape index (κ1) is 27.7. The van der Waals surface area contributed by atoms with Crippen LogP contribution in [0, 0.1) is 28.6 Å². The van der Waals surface area contributed by atoms with E-state index in [2.05, 4.69) is 12.6 Å². The SMILES string of the molecule is CCC(=O)O[C@]1(C(=O)S)[C@H](C)C[C@H]2[C@@H]3C[C@H](F)C4=CC(=O)C=C[C@]4(C)[C@@]3(F)[C@@H](O)C[C@@]21C.[KH]. The molecule has 0 heterocycles. The summed E-state index contributed by atoms with van der Waals surface area (Å²) in [6.45, 7) is 6.62. The summed E-state index contributed by atoms with van der Waals surface area (Å²) in [6.07, 6.45) is 0.619. The molecule has 0 aromatic rings. The number of hydrogen-bond donors (Lipinski definition) is 2. The van der Waals surface area contributed by atoms with Gasteiger partial charge in [0.25, 0.3) is 0 Å². The summed E-state index contributed by atoms with van der Waals surface area (Å²) in [5.41, 5.74) is -6.46. The molecule has 0 aromatic carbocycles. The molecular formula is C24H31F2KO5S. The summed E-state index contributed by atoms with van der Waals surface area (Å²) >= 11 is 4.09. The van der Waals surface area contributed by atoms with Crippen molar-refractivity contribution >= 4 is 80.9 Å². The molecule has 0 aromatic heterocycles. The first-order valence-corrected chi connectivity index (χ1v) is 11.7. The van der Waals surface area contributed by atoms with Gasteiger partial charge in [-0.3, -0.25) is 14.4 Å². The Morgan fingerprint density at radius 2 is 1.91 bits per heavy atom. The van der Waals surface area contributed by atoms with Crippen molar-refractivity contribution in [3.63, 3.8) is 0 Å². The number of carbonyl (C=O) groups is 3. The van der Waals surface area contributed by atoms with Crippen molar-refractivity contribution in [3.8, 4) is 0 Å². The minimum atomic E-state index is -2.24. The summed E-state index contributed by atoms with van der Waals surface area (Å²) in [6, 6.07) is 0. The molecule has 4 rings (SSSR count). The van der Waals surface area contributed by atoms with Crippen molar-refractivity contribution in [3.05, 3.63) is 23.8 Å². The molecule has 0 radical (unpaired) electrons. The maximum absolute atomic E-state index is 17.1. The molecule has 1 N–H and O–H groups in total. The number of carbonyl (C=O) groups excluding carboxylic acids is 3. The van der Waals surface area contributed by atoms with Gasteiger partial charge in [0, 0.05) is 29.1 Å². The van der Waals surface area contributed by atoms with Gasteiger partial charge in [-0.05, 0) is 49.8 Å². The first-order chi connectivity index (χ1) is 14.8. The molecular weight excluding hydrogens is 477 g/mol. The van der Waals surface area contributed by atoms with Crippen molar-refractivity contribution in [1.82, 2.24) is 0 Å². The topological polar surface area (TPSA) is 80.7 Å². The number of hydrogen-bond acceptors (Lipinski definition) is 5. The van der Waals surface area contributed by atoms with E-state index < -0.39 is 69.0 Å². The van der Waals surface area contributed by atoms with Gasteiger partial charge in [0.05, 0.1) is 6.10 Å². The van der Waals surface area contributed by atoms with Crippen LogP contribution in [0.15, 0.2) is 23.8 Å². The van der Waals surface area contributed by atoms with Crippen molar-refractivity contribution in [1.29, 1.82) is 0 Å². The van der Waals surface area contributed by atoms with Gasteiger partial charge in [-0.2, -0.15) is 0 Å². The molecule has 178 valence electrons. The van der Waals surface area contributed by atoms with Gasteiger partial charge >= 0.3 is 57.4 Å². The van der Waals surface area contributed by atoms with Crippen LogP contribution in [0.25, 0.3) is 0 Å². The van der Waals surface area contributed by atoms with E-state index >= 15 is 8.78 Å². The minimum absolute atomic E-state index is 0. The van der Waals surface area contributed by atoms with Gasteiger partial charge in [0.1, 0.15) is 6.17 Å². The molecule has 3 saturated carbocycles. The molecule has 9 atom stereocenters. The third-order valence-corrected chi connectivity index (χ3v) is 9.38. The van der Waals surface area contributed by atoms with E-state index in [0.717, 1.165) is 6.08 Å². The molecule has 4 aliphatic carbocycles. The second-order valence-corrected chi connectivity index (χ2v) is 10.8. The molecule has 0 unspecified atom stereocenters. The normalized spacial score (nSPS) is 48.1. The fourth-order valence-electron chi connectivity index (χ4n) is 7.49. The third-order valence-electron chi connectivity index (χ3n) is 9.05. The molecule has 3 fully saturated rings. The van der Waals surface area contributed by atoms with Crippen LogP contribution in [-0.2, 0) is 19.1 Å². The number of esters is 1. The average molecular weight is 509 g/mol. The summed E-state index contributed by atoms with van der Waals surface area (Å²) in [4.78, 5) is 37.2. The van der Waals surface area contributed by atoms with Gasteiger partial charge in [-0.25, -0.2) is 8.78 Å². The summed E-state index contributed by atoms with van der Waals surface area (Å²) in [5, 5.41) is 10.7. The zero-order chi connectivity index (χ0) is 23.9. The number of allylic oxidation sites excluding steroid dienone is 4. The monoisotopic (exact) mass is 508 g/mol. The van der Waals surface area contributed by atoms with Crippen LogP contribution in [0.2, 0.25) is 0 Å². The van der Waals surface area contributed by atoms with Crippen molar-refractivity contribution in [2.75, 3.05) is 0 Å². The Hall–Kier alpha value is 0.0964. The summed E-state index contributed by atoms with van der Waals surface area (Å²) in [7, 11) is 0. The fourth-order valence-corrected chi connectivity index (χ4v) is 8.01. The Morgan fingerprint density at radius 1 is 1.27 bits per heavy atom. The zero-order valence-corrected chi connectivity index (χ0v) is 19.6. The van der Waals surface area contributed by atoms with E-state index in [0.29, 0.717) is 6.42 Å². The van der Waals surface area contributed by atoms with Crippen molar-refractivity contribution < 1.29 is 33.0 Å². The number of aliphatic hydroxyl groups excluding tert-OH is 1. The summed E-state index contributed by atoms with van der Waals surface area (Å²) < 4.78 is 38.3. The van der Waals surface area contributed by atoms with E-state index in [-0.39, 0.29) is 76.2 Å². The summed E-state index contributed by atoms with van der Waals surface area (Å²) in [5.74, 6) is -2.94. The van der Waals surface area contributed by atoms with Crippen molar-refractivity contribution in [2.24, 2.45) is 28.6 Å². The fraction of sp³-hybridized carbons (Fsp3) is 0.708. The van der Waals surface area contributed by atoms with E-state index in [9.17, 15) is 19.5 Å². The van der Waals surface area contributed by atoms with Gasteiger partial charge in [-0.15, -0.1) is 12.6 Å². The van der Waals surface area contributed by atoms with Crippen molar-refractivity contribution in [2.45, 2.75) is 76.9 Å². The second kappa shape index (κ2) is 8.89. The van der Waals surface area contributed by atoms with Crippen LogP contribution in [0.3, 0.4) is 0 Å². The molecule has 0 aliphatic heterocycles. The third kappa shape index (κ3) is 3.43. The standard InChI is InChI=1S/C24H30F2O5S.K.H/c1-5-19(29)31-24(20(30)32)12(2)8-14-15-10-17(25)16-9-13(27)6-7-21(16,3)23(15,26)18(28)11-22(14,24)4;;/h6-7,9,12,14-15,17-18,28H,5,8,10-11H2,1-4H3,(H,30,32);;/t12-,14+,15+,17+,18+,21+,22+,23+,24+;;/m1../s1. The molecule has 0 amide bonds. The molecule has 33 heavy (non-hydrogen) atoms. The molecule has 5 nitrogen and oxygen atoms in total. The van der Waals surface area contributed by atoms with Gasteiger partial charge in [-0.1, -0.05) is 26.8 Å². The average Bonchev–Trinajstić information content (AvgIpc) is 2.93. The predicted molar refractivity (Wildman–Crippen MR) is 123 cm³/mol. The maximum atomic E-state index is 17.1. The molecule has 4 aliphatic rings. The van der Waals surface area contributed by atoms with Gasteiger partial charge < -0.3 is 9.84 Å². The number of aliphatic hydroxyl groups is 1. The number of rotatable bonds is 3. The molecule has 9 heteroatoms. The Labute approximate surface area is 241 Å². The Balaban J connectivity index is 0.00000306. The Kier molecular flexibility index (Phi) is 7.45. The second-order valence-electron chi connectivity index (χ2n) is 10.4. The number of ketones is 1.